The van der Waals surface area contributed by atoms with Gasteiger partial charge in [-0.05, 0) is 75.4 Å². The Morgan fingerprint density at radius 1 is 1.00 bits per heavy atom. The van der Waals surface area contributed by atoms with Crippen molar-refractivity contribution in [3.05, 3.63) is 58.7 Å². The molecular weight excluding hydrogens is 510 g/mol. The quantitative estimate of drug-likeness (QED) is 0.292. The van der Waals surface area contributed by atoms with E-state index in [1.165, 1.54) is 11.1 Å². The van der Waals surface area contributed by atoms with Crippen LogP contribution in [0.2, 0.25) is 0 Å². The topological polar surface area (TPSA) is 73.9 Å². The van der Waals surface area contributed by atoms with Crippen LogP contribution in [0.4, 0.5) is 0 Å². The standard InChI is InChI=1S/C28H38BrNO5/c1-19-7-8-21(13-20(19)2)14-23(18-35-27(32)28(3,4)5)17-30-26(31)16-22-9-10-24(34-12-11-29)25(15-22)33-6/h7-10,13,15,23H,11-12,14,16-18H2,1-6H3,(H,30,31). The van der Waals surface area contributed by atoms with Crippen molar-refractivity contribution in [2.45, 2.75) is 47.5 Å². The third-order valence-corrected chi connectivity index (χ3v) is 6.00. The van der Waals surface area contributed by atoms with Crippen LogP contribution in [0.5, 0.6) is 11.5 Å². The van der Waals surface area contributed by atoms with Gasteiger partial charge in [-0.25, -0.2) is 0 Å². The zero-order valence-electron chi connectivity index (χ0n) is 21.7. The van der Waals surface area contributed by atoms with Gasteiger partial charge in [-0.3, -0.25) is 9.59 Å². The van der Waals surface area contributed by atoms with Gasteiger partial charge in [0.15, 0.2) is 11.5 Å². The zero-order chi connectivity index (χ0) is 26.0. The van der Waals surface area contributed by atoms with E-state index in [9.17, 15) is 9.59 Å². The largest absolute Gasteiger partial charge is 0.493 e. The Bertz CT molecular complexity index is 999. The second-order valence-electron chi connectivity index (χ2n) is 9.84. The minimum absolute atomic E-state index is 0.0399. The Hall–Kier alpha value is -2.54. The number of carbonyl (C=O) groups excluding carboxylic acids is 2. The molecule has 1 amide bonds. The molecule has 0 spiro atoms. The number of amides is 1. The lowest BCUT2D eigenvalue weighted by atomic mass is 9.95. The van der Waals surface area contributed by atoms with E-state index in [-0.39, 0.29) is 30.8 Å². The Labute approximate surface area is 217 Å². The second kappa shape index (κ2) is 13.5. The molecule has 0 heterocycles. The normalized spacial score (nSPS) is 12.1. The predicted octanol–water partition coefficient (Wildman–Crippen LogP) is 5.19. The fraction of sp³-hybridized carbons (Fsp3) is 0.500. The van der Waals surface area contributed by atoms with E-state index in [1.54, 1.807) is 7.11 Å². The third kappa shape index (κ3) is 9.55. The number of hydrogen-bond acceptors (Lipinski definition) is 5. The number of hydrogen-bond donors (Lipinski definition) is 1. The van der Waals surface area contributed by atoms with Gasteiger partial charge in [-0.15, -0.1) is 0 Å². The van der Waals surface area contributed by atoms with E-state index in [0.29, 0.717) is 36.4 Å². The number of ether oxygens (including phenoxy) is 3. The van der Waals surface area contributed by atoms with Crippen LogP contribution in [0.25, 0.3) is 0 Å². The van der Waals surface area contributed by atoms with Gasteiger partial charge in [0.25, 0.3) is 0 Å². The summed E-state index contributed by atoms with van der Waals surface area (Å²) in [6.45, 7) is 10.8. The first-order chi connectivity index (χ1) is 16.5. The minimum Gasteiger partial charge on any atom is -0.493 e. The van der Waals surface area contributed by atoms with Crippen LogP contribution in [0.15, 0.2) is 36.4 Å². The molecule has 0 fully saturated rings. The van der Waals surface area contributed by atoms with Crippen molar-refractivity contribution in [2.24, 2.45) is 11.3 Å². The highest BCUT2D eigenvalue weighted by Crippen LogP contribution is 2.28. The van der Waals surface area contributed by atoms with Gasteiger partial charge in [-0.2, -0.15) is 0 Å². The van der Waals surface area contributed by atoms with Gasteiger partial charge in [0.05, 0.1) is 32.2 Å². The molecule has 0 saturated carbocycles. The lowest BCUT2D eigenvalue weighted by Gasteiger charge is -2.22. The van der Waals surface area contributed by atoms with E-state index < -0.39 is 5.41 Å². The molecule has 0 bridgehead atoms. The summed E-state index contributed by atoms with van der Waals surface area (Å²) in [4.78, 5) is 25.0. The molecule has 0 aliphatic rings. The van der Waals surface area contributed by atoms with Crippen LogP contribution >= 0.6 is 15.9 Å². The molecule has 0 aromatic heterocycles. The lowest BCUT2D eigenvalue weighted by Crippen LogP contribution is -2.35. The van der Waals surface area contributed by atoms with Crippen molar-refractivity contribution in [1.29, 1.82) is 0 Å². The molecule has 2 aromatic rings. The number of esters is 1. The molecular formula is C28H38BrNO5. The maximum absolute atomic E-state index is 12.7. The monoisotopic (exact) mass is 547 g/mol. The fourth-order valence-corrected chi connectivity index (χ4v) is 3.62. The van der Waals surface area contributed by atoms with Gasteiger partial charge >= 0.3 is 5.97 Å². The summed E-state index contributed by atoms with van der Waals surface area (Å²) in [5, 5.41) is 3.73. The number of methoxy groups -OCH3 is 1. The number of carbonyl (C=O) groups is 2. The maximum Gasteiger partial charge on any atom is 0.311 e. The molecule has 0 aliphatic carbocycles. The molecule has 0 radical (unpaired) electrons. The van der Waals surface area contributed by atoms with Crippen molar-refractivity contribution in [1.82, 2.24) is 5.32 Å². The minimum atomic E-state index is -0.572. The number of alkyl halides is 1. The highest BCUT2D eigenvalue weighted by Gasteiger charge is 2.24. The average Bonchev–Trinajstić information content (AvgIpc) is 2.81. The van der Waals surface area contributed by atoms with E-state index in [2.05, 4.69) is 53.3 Å². The van der Waals surface area contributed by atoms with Crippen LogP contribution in [-0.4, -0.2) is 44.1 Å². The molecule has 0 saturated heterocycles. The van der Waals surface area contributed by atoms with Crippen molar-refractivity contribution in [2.75, 3.05) is 32.2 Å². The smallest absolute Gasteiger partial charge is 0.311 e. The van der Waals surface area contributed by atoms with Crippen LogP contribution < -0.4 is 14.8 Å². The lowest BCUT2D eigenvalue weighted by molar-refractivity contribution is -0.154. The van der Waals surface area contributed by atoms with Gasteiger partial charge in [0.1, 0.15) is 0 Å². The number of rotatable bonds is 12. The average molecular weight is 549 g/mol. The molecule has 2 aromatic carbocycles. The Morgan fingerprint density at radius 3 is 2.34 bits per heavy atom. The molecule has 6 nitrogen and oxygen atoms in total. The van der Waals surface area contributed by atoms with Crippen LogP contribution in [0.3, 0.4) is 0 Å². The highest BCUT2D eigenvalue weighted by atomic mass is 79.9. The summed E-state index contributed by atoms with van der Waals surface area (Å²) in [6.07, 6.45) is 0.916. The summed E-state index contributed by atoms with van der Waals surface area (Å²) in [5.41, 5.74) is 3.86. The Balaban J connectivity index is 2.03. The first-order valence-electron chi connectivity index (χ1n) is 11.9. The van der Waals surface area contributed by atoms with Crippen LogP contribution in [0.1, 0.15) is 43.0 Å². The molecule has 1 atom stereocenters. The molecule has 35 heavy (non-hydrogen) atoms. The van der Waals surface area contributed by atoms with Gasteiger partial charge in [0, 0.05) is 17.8 Å². The number of nitrogens with one attached hydrogen (secondary N) is 1. The first kappa shape index (κ1) is 28.7. The van der Waals surface area contributed by atoms with Gasteiger partial charge in [-0.1, -0.05) is 40.2 Å². The summed E-state index contributed by atoms with van der Waals surface area (Å²) in [5.74, 6) is 0.849. The van der Waals surface area contributed by atoms with Crippen molar-refractivity contribution in [3.63, 3.8) is 0 Å². The molecule has 0 aliphatic heterocycles. The summed E-state index contributed by atoms with van der Waals surface area (Å²) in [7, 11) is 1.58. The zero-order valence-corrected chi connectivity index (χ0v) is 23.3. The van der Waals surface area contributed by atoms with E-state index >= 15 is 0 Å². The number of benzene rings is 2. The van der Waals surface area contributed by atoms with Crippen molar-refractivity contribution in [3.8, 4) is 11.5 Å². The summed E-state index contributed by atoms with van der Waals surface area (Å²) < 4.78 is 16.7. The molecule has 1 N–H and O–H groups in total. The maximum atomic E-state index is 12.7. The second-order valence-corrected chi connectivity index (χ2v) is 10.6. The molecule has 7 heteroatoms. The van der Waals surface area contributed by atoms with Crippen molar-refractivity contribution >= 4 is 27.8 Å². The Morgan fingerprint density at radius 2 is 1.71 bits per heavy atom. The SMILES string of the molecule is COc1cc(CC(=O)NCC(COC(=O)C(C)(C)C)Cc2ccc(C)c(C)c2)ccc1OCCBr. The van der Waals surface area contributed by atoms with Gasteiger partial charge < -0.3 is 19.5 Å². The third-order valence-electron chi connectivity index (χ3n) is 5.67. The first-order valence-corrected chi connectivity index (χ1v) is 13.0. The van der Waals surface area contributed by atoms with E-state index in [4.69, 9.17) is 14.2 Å². The highest BCUT2D eigenvalue weighted by molar-refractivity contribution is 9.09. The van der Waals surface area contributed by atoms with E-state index in [0.717, 1.165) is 11.1 Å². The molecule has 1 unspecified atom stereocenters. The van der Waals surface area contributed by atoms with Gasteiger partial charge in [0.2, 0.25) is 5.91 Å². The summed E-state index contributed by atoms with van der Waals surface area (Å²) >= 11 is 3.34. The Kier molecular flexibility index (Phi) is 11.1. The number of halogens is 1. The van der Waals surface area contributed by atoms with Crippen molar-refractivity contribution < 1.29 is 23.8 Å². The number of aryl methyl sites for hydroxylation is 2. The fourth-order valence-electron chi connectivity index (χ4n) is 3.46. The van der Waals surface area contributed by atoms with Crippen LogP contribution in [0, 0.1) is 25.2 Å². The molecule has 2 rings (SSSR count). The molecule has 192 valence electrons. The van der Waals surface area contributed by atoms with E-state index in [1.807, 2.05) is 39.0 Å². The summed E-state index contributed by atoms with van der Waals surface area (Å²) in [6, 6.07) is 11.8. The predicted molar refractivity (Wildman–Crippen MR) is 143 cm³/mol. The van der Waals surface area contributed by atoms with Crippen LogP contribution in [-0.2, 0) is 27.2 Å².